The summed E-state index contributed by atoms with van der Waals surface area (Å²) in [7, 11) is 0. The fraction of sp³-hybridized carbons (Fsp3) is 0.857. The van der Waals surface area contributed by atoms with E-state index in [4.69, 9.17) is 0 Å². The molecule has 0 radical (unpaired) electrons. The largest absolute Gasteiger partial charge is 0.364 e. The fourth-order valence-corrected chi connectivity index (χ4v) is 1.67. The first-order chi connectivity index (χ1) is 4.85. The fourth-order valence-electron chi connectivity index (χ4n) is 1.26. The summed E-state index contributed by atoms with van der Waals surface area (Å²) in [4.78, 5) is 4.43. The van der Waals surface area contributed by atoms with Gasteiger partial charge in [-0.1, -0.05) is 11.8 Å². The Morgan fingerprint density at radius 1 is 1.55 bits per heavy atom. The van der Waals surface area contributed by atoms with Crippen LogP contribution in [-0.4, -0.2) is 24.5 Å². The molecular formula is C7H13IN2S. The molecule has 4 heteroatoms. The van der Waals surface area contributed by atoms with Gasteiger partial charge >= 0.3 is 0 Å². The van der Waals surface area contributed by atoms with Crippen molar-refractivity contribution in [2.75, 3.05) is 19.3 Å². The molecule has 1 spiro atoms. The van der Waals surface area contributed by atoms with Gasteiger partial charge < -0.3 is 5.32 Å². The Hall–Kier alpha value is 0.550. The van der Waals surface area contributed by atoms with Gasteiger partial charge in [0.25, 0.3) is 0 Å². The van der Waals surface area contributed by atoms with E-state index in [1.165, 1.54) is 12.8 Å². The smallest absolute Gasteiger partial charge is 0.156 e. The Balaban J connectivity index is 0.000000605. The number of nitrogens with one attached hydrogen (secondary N) is 1. The van der Waals surface area contributed by atoms with Crippen molar-refractivity contribution >= 4 is 40.9 Å². The average molecular weight is 284 g/mol. The number of hydrogen-bond acceptors (Lipinski definition) is 3. The molecule has 0 bridgehead atoms. The van der Waals surface area contributed by atoms with Gasteiger partial charge in [-0.25, -0.2) is 0 Å². The second-order valence-corrected chi connectivity index (χ2v) is 3.97. The van der Waals surface area contributed by atoms with Gasteiger partial charge in [-0.15, -0.1) is 24.0 Å². The van der Waals surface area contributed by atoms with E-state index in [9.17, 15) is 0 Å². The molecule has 0 amide bonds. The van der Waals surface area contributed by atoms with Gasteiger partial charge in [0.15, 0.2) is 5.17 Å². The van der Waals surface area contributed by atoms with E-state index in [2.05, 4.69) is 16.6 Å². The van der Waals surface area contributed by atoms with Gasteiger partial charge in [0, 0.05) is 18.5 Å². The number of amidine groups is 1. The van der Waals surface area contributed by atoms with Gasteiger partial charge in [-0.05, 0) is 19.1 Å². The predicted molar refractivity (Wildman–Crippen MR) is 60.9 cm³/mol. The molecule has 0 aromatic rings. The molecule has 1 aliphatic heterocycles. The van der Waals surface area contributed by atoms with Crippen LogP contribution in [0, 0.1) is 5.41 Å². The third-order valence-corrected chi connectivity index (χ3v) is 2.98. The molecule has 0 unspecified atom stereocenters. The van der Waals surface area contributed by atoms with E-state index in [0.717, 1.165) is 18.3 Å². The van der Waals surface area contributed by atoms with E-state index < -0.39 is 0 Å². The lowest BCUT2D eigenvalue weighted by Gasteiger charge is -2.20. The van der Waals surface area contributed by atoms with E-state index in [-0.39, 0.29) is 24.0 Å². The van der Waals surface area contributed by atoms with Crippen LogP contribution in [0.5, 0.6) is 0 Å². The van der Waals surface area contributed by atoms with Crippen molar-refractivity contribution in [2.24, 2.45) is 10.4 Å². The molecule has 11 heavy (non-hydrogen) atoms. The first-order valence-corrected chi connectivity index (χ1v) is 4.89. The van der Waals surface area contributed by atoms with Crippen LogP contribution in [0.1, 0.15) is 12.8 Å². The molecule has 1 N–H and O–H groups in total. The molecule has 0 saturated heterocycles. The maximum atomic E-state index is 4.43. The summed E-state index contributed by atoms with van der Waals surface area (Å²) >= 11 is 1.71. The lowest BCUT2D eigenvalue weighted by atomic mass is 10.1. The SMILES string of the molecule is CSC1=NCC2(CC2)CN1.I. The van der Waals surface area contributed by atoms with E-state index in [1.54, 1.807) is 11.8 Å². The number of thioether (sulfide) groups is 1. The Morgan fingerprint density at radius 3 is 2.64 bits per heavy atom. The van der Waals surface area contributed by atoms with Crippen LogP contribution in [0.2, 0.25) is 0 Å². The van der Waals surface area contributed by atoms with Crippen LogP contribution >= 0.6 is 35.7 Å². The maximum Gasteiger partial charge on any atom is 0.156 e. The minimum absolute atomic E-state index is 0. The second-order valence-electron chi connectivity index (χ2n) is 3.18. The van der Waals surface area contributed by atoms with Crippen molar-refractivity contribution in [1.29, 1.82) is 0 Å². The van der Waals surface area contributed by atoms with E-state index in [1.807, 2.05) is 0 Å². The van der Waals surface area contributed by atoms with Crippen LogP contribution in [0.3, 0.4) is 0 Å². The molecule has 0 aromatic carbocycles. The summed E-state index contributed by atoms with van der Waals surface area (Å²) in [6.07, 6.45) is 4.83. The summed E-state index contributed by atoms with van der Waals surface area (Å²) in [5, 5.41) is 4.46. The van der Waals surface area contributed by atoms with Crippen molar-refractivity contribution in [2.45, 2.75) is 12.8 Å². The molecular weight excluding hydrogens is 271 g/mol. The first kappa shape index (κ1) is 9.64. The van der Waals surface area contributed by atoms with Gasteiger partial charge in [0.2, 0.25) is 0 Å². The van der Waals surface area contributed by atoms with Crippen LogP contribution in [0.4, 0.5) is 0 Å². The van der Waals surface area contributed by atoms with Crippen molar-refractivity contribution in [1.82, 2.24) is 5.32 Å². The molecule has 0 atom stereocenters. The molecule has 2 aliphatic rings. The molecule has 0 aromatic heterocycles. The summed E-state index contributed by atoms with van der Waals surface area (Å²) < 4.78 is 0. The Bertz CT molecular complexity index is 177. The number of hydrogen-bond donors (Lipinski definition) is 1. The molecule has 1 saturated carbocycles. The number of aliphatic imine (C=N–C) groups is 1. The van der Waals surface area contributed by atoms with Crippen molar-refractivity contribution in [3.8, 4) is 0 Å². The van der Waals surface area contributed by atoms with E-state index >= 15 is 0 Å². The lowest BCUT2D eigenvalue weighted by Crippen LogP contribution is -2.34. The molecule has 1 heterocycles. The zero-order valence-corrected chi connectivity index (χ0v) is 9.74. The molecule has 1 fully saturated rings. The summed E-state index contributed by atoms with van der Waals surface area (Å²) in [5.74, 6) is 0. The highest BCUT2D eigenvalue weighted by Crippen LogP contribution is 2.46. The molecule has 1 aliphatic carbocycles. The van der Waals surface area contributed by atoms with Gasteiger partial charge in [-0.3, -0.25) is 4.99 Å². The zero-order valence-electron chi connectivity index (χ0n) is 6.59. The Labute approximate surface area is 88.6 Å². The molecule has 2 rings (SSSR count). The monoisotopic (exact) mass is 284 g/mol. The Kier molecular flexibility index (Phi) is 3.08. The maximum absolute atomic E-state index is 4.43. The third kappa shape index (κ3) is 2.02. The predicted octanol–water partition coefficient (Wildman–Crippen LogP) is 1.71. The zero-order chi connectivity index (χ0) is 7.03. The summed E-state index contributed by atoms with van der Waals surface area (Å²) in [6, 6.07) is 0. The standard InChI is InChI=1S/C7H12N2S.HI/c1-10-6-8-4-7(2-3-7)5-9-6;/h2-5H2,1H3,(H,8,9);1H. The van der Waals surface area contributed by atoms with Crippen molar-refractivity contribution in [3.63, 3.8) is 0 Å². The average Bonchev–Trinajstić information content (AvgIpc) is 2.72. The van der Waals surface area contributed by atoms with Crippen LogP contribution < -0.4 is 5.32 Å². The highest BCUT2D eigenvalue weighted by molar-refractivity contribution is 14.0. The highest BCUT2D eigenvalue weighted by Gasteiger charge is 2.43. The van der Waals surface area contributed by atoms with Gasteiger partial charge in [-0.2, -0.15) is 0 Å². The third-order valence-electron chi connectivity index (χ3n) is 2.32. The Morgan fingerprint density at radius 2 is 2.27 bits per heavy atom. The summed E-state index contributed by atoms with van der Waals surface area (Å²) in [6.45, 7) is 2.23. The normalized spacial score (nSPS) is 25.0. The first-order valence-electron chi connectivity index (χ1n) is 3.67. The molecule has 2 nitrogen and oxygen atoms in total. The number of nitrogens with zero attached hydrogens (tertiary/aromatic N) is 1. The minimum atomic E-state index is 0. The topological polar surface area (TPSA) is 24.4 Å². The van der Waals surface area contributed by atoms with Gasteiger partial charge in [0.05, 0.1) is 0 Å². The molecule has 64 valence electrons. The quantitative estimate of drug-likeness (QED) is 0.685. The summed E-state index contributed by atoms with van der Waals surface area (Å²) in [5.41, 5.74) is 0.596. The number of rotatable bonds is 0. The van der Waals surface area contributed by atoms with Gasteiger partial charge in [0.1, 0.15) is 0 Å². The van der Waals surface area contributed by atoms with Crippen molar-refractivity contribution in [3.05, 3.63) is 0 Å². The lowest BCUT2D eigenvalue weighted by molar-refractivity contribution is 0.495. The van der Waals surface area contributed by atoms with Crippen LogP contribution in [-0.2, 0) is 0 Å². The van der Waals surface area contributed by atoms with Crippen LogP contribution in [0.15, 0.2) is 4.99 Å². The van der Waals surface area contributed by atoms with Crippen LogP contribution in [0.25, 0.3) is 0 Å². The number of halogens is 1. The highest BCUT2D eigenvalue weighted by atomic mass is 127. The second kappa shape index (κ2) is 3.51. The van der Waals surface area contributed by atoms with Crippen molar-refractivity contribution < 1.29 is 0 Å². The minimum Gasteiger partial charge on any atom is -0.364 e. The van der Waals surface area contributed by atoms with E-state index in [0.29, 0.717) is 5.41 Å².